The number of hydrogen-bond acceptors (Lipinski definition) is 4. The number of esters is 1. The van der Waals surface area contributed by atoms with E-state index in [0.29, 0.717) is 0 Å². The molecule has 12 heavy (non-hydrogen) atoms. The number of nitrogens with one attached hydrogen (secondary N) is 1. The first-order chi connectivity index (χ1) is 5.74. The first kappa shape index (κ1) is 9.06. The third-order valence-corrected chi connectivity index (χ3v) is 2.46. The summed E-state index contributed by atoms with van der Waals surface area (Å²) in [5.74, 6) is -0.247. The molecule has 0 fully saturated rings. The van der Waals surface area contributed by atoms with Gasteiger partial charge in [-0.1, -0.05) is 0 Å². The van der Waals surface area contributed by atoms with Crippen molar-refractivity contribution in [1.29, 1.82) is 0 Å². The highest BCUT2D eigenvalue weighted by molar-refractivity contribution is 7.14. The Morgan fingerprint density at radius 2 is 2.50 bits per heavy atom. The van der Waals surface area contributed by atoms with Crippen LogP contribution in [0.5, 0.6) is 0 Å². The molecule has 3 nitrogen and oxygen atoms in total. The minimum absolute atomic E-state index is 0.234. The molecule has 0 aliphatic carbocycles. The average molecular weight is 185 g/mol. The highest BCUT2D eigenvalue weighted by atomic mass is 32.1. The Morgan fingerprint density at radius 3 is 3.00 bits per heavy atom. The molecule has 1 aromatic heterocycles. The third kappa shape index (κ3) is 2.23. The van der Waals surface area contributed by atoms with Crippen LogP contribution in [0.2, 0.25) is 0 Å². The molecule has 0 saturated heterocycles. The Bertz CT molecular complexity index is 270. The Hall–Kier alpha value is -1.03. The van der Waals surface area contributed by atoms with Crippen molar-refractivity contribution in [3.63, 3.8) is 0 Å². The second kappa shape index (κ2) is 4.11. The summed E-state index contributed by atoms with van der Waals surface area (Å²) in [5, 5.41) is 6.00. The molecule has 4 heteroatoms. The summed E-state index contributed by atoms with van der Waals surface area (Å²) in [6.45, 7) is 2.23. The molecule has 0 aromatic carbocycles. The number of rotatable bonds is 3. The van der Waals surface area contributed by atoms with Gasteiger partial charge in [0, 0.05) is 0 Å². The van der Waals surface area contributed by atoms with Gasteiger partial charge in [-0.15, -0.1) is 11.3 Å². The van der Waals surface area contributed by atoms with E-state index in [0.717, 1.165) is 10.6 Å². The molecule has 0 radical (unpaired) electrons. The normalized spacial score (nSPS) is 9.50. The third-order valence-electron chi connectivity index (χ3n) is 1.48. The largest absolute Gasteiger partial charge is 0.468 e. The molecule has 0 aliphatic rings. The highest BCUT2D eigenvalue weighted by Gasteiger charge is 2.02. The number of hydrogen-bond donors (Lipinski definition) is 1. The number of thiophene rings is 1. The smallest absolute Gasteiger partial charge is 0.325 e. The lowest BCUT2D eigenvalue weighted by atomic mass is 10.4. The van der Waals surface area contributed by atoms with Crippen LogP contribution in [-0.4, -0.2) is 19.6 Å². The topological polar surface area (TPSA) is 38.3 Å². The molecule has 0 unspecified atom stereocenters. The number of aryl methyl sites for hydroxylation is 1. The van der Waals surface area contributed by atoms with Crippen molar-refractivity contribution in [2.45, 2.75) is 6.92 Å². The van der Waals surface area contributed by atoms with Crippen molar-refractivity contribution in [2.24, 2.45) is 0 Å². The Morgan fingerprint density at radius 1 is 1.75 bits per heavy atom. The minimum Gasteiger partial charge on any atom is -0.468 e. The quantitative estimate of drug-likeness (QED) is 0.727. The van der Waals surface area contributed by atoms with Gasteiger partial charge in [-0.2, -0.15) is 0 Å². The zero-order chi connectivity index (χ0) is 8.97. The van der Waals surface area contributed by atoms with E-state index in [2.05, 4.69) is 10.1 Å². The van der Waals surface area contributed by atoms with Crippen molar-refractivity contribution in [2.75, 3.05) is 19.0 Å². The van der Waals surface area contributed by atoms with Gasteiger partial charge in [0.1, 0.15) is 6.54 Å². The second-order valence-electron chi connectivity index (χ2n) is 2.36. The zero-order valence-corrected chi connectivity index (χ0v) is 7.90. The SMILES string of the molecule is COC(=O)CNc1sccc1C. The molecule has 0 bridgehead atoms. The van der Waals surface area contributed by atoms with Crippen LogP contribution in [-0.2, 0) is 9.53 Å². The minimum atomic E-state index is -0.247. The van der Waals surface area contributed by atoms with Gasteiger partial charge in [-0.25, -0.2) is 0 Å². The second-order valence-corrected chi connectivity index (χ2v) is 3.28. The van der Waals surface area contributed by atoms with Gasteiger partial charge in [0.2, 0.25) is 0 Å². The summed E-state index contributed by atoms with van der Waals surface area (Å²) in [7, 11) is 1.38. The van der Waals surface area contributed by atoms with E-state index >= 15 is 0 Å². The van der Waals surface area contributed by atoms with E-state index in [-0.39, 0.29) is 12.5 Å². The Kier molecular flexibility index (Phi) is 3.10. The van der Waals surface area contributed by atoms with E-state index in [4.69, 9.17) is 0 Å². The van der Waals surface area contributed by atoms with Crippen LogP contribution in [0, 0.1) is 6.92 Å². The van der Waals surface area contributed by atoms with Gasteiger partial charge >= 0.3 is 5.97 Å². The summed E-state index contributed by atoms with van der Waals surface area (Å²) in [5.41, 5.74) is 1.16. The van der Waals surface area contributed by atoms with Gasteiger partial charge < -0.3 is 10.1 Å². The van der Waals surface area contributed by atoms with Crippen LogP contribution < -0.4 is 5.32 Å². The predicted molar refractivity (Wildman–Crippen MR) is 49.6 cm³/mol. The fourth-order valence-electron chi connectivity index (χ4n) is 0.778. The molecule has 0 saturated carbocycles. The lowest BCUT2D eigenvalue weighted by Gasteiger charge is -2.02. The monoisotopic (exact) mass is 185 g/mol. The molecule has 0 spiro atoms. The first-order valence-electron chi connectivity index (χ1n) is 3.59. The number of carbonyl (C=O) groups excluding carboxylic acids is 1. The van der Waals surface area contributed by atoms with Crippen molar-refractivity contribution >= 4 is 22.3 Å². The fourth-order valence-corrected chi connectivity index (χ4v) is 1.60. The van der Waals surface area contributed by atoms with E-state index in [1.165, 1.54) is 7.11 Å². The molecule has 1 N–H and O–H groups in total. The molecule has 1 heterocycles. The number of ether oxygens (including phenoxy) is 1. The van der Waals surface area contributed by atoms with Gasteiger partial charge in [-0.05, 0) is 23.9 Å². The van der Waals surface area contributed by atoms with E-state index in [9.17, 15) is 4.79 Å². The van der Waals surface area contributed by atoms with Gasteiger partial charge in [0.25, 0.3) is 0 Å². The lowest BCUT2D eigenvalue weighted by molar-refractivity contribution is -0.138. The van der Waals surface area contributed by atoms with Gasteiger partial charge in [0.05, 0.1) is 12.1 Å². The summed E-state index contributed by atoms with van der Waals surface area (Å²) in [6.07, 6.45) is 0. The molecule has 1 rings (SSSR count). The average Bonchev–Trinajstić information content (AvgIpc) is 2.47. The van der Waals surface area contributed by atoms with Crippen LogP contribution >= 0.6 is 11.3 Å². The molecule has 0 aliphatic heterocycles. The highest BCUT2D eigenvalue weighted by Crippen LogP contribution is 2.21. The maximum absolute atomic E-state index is 10.7. The van der Waals surface area contributed by atoms with E-state index in [1.807, 2.05) is 18.4 Å². The number of anilines is 1. The van der Waals surface area contributed by atoms with Crippen molar-refractivity contribution < 1.29 is 9.53 Å². The maximum Gasteiger partial charge on any atom is 0.325 e. The van der Waals surface area contributed by atoms with E-state index in [1.54, 1.807) is 11.3 Å². The first-order valence-corrected chi connectivity index (χ1v) is 4.47. The van der Waals surface area contributed by atoms with Gasteiger partial charge in [-0.3, -0.25) is 4.79 Å². The molecule has 0 atom stereocenters. The van der Waals surface area contributed by atoms with E-state index < -0.39 is 0 Å². The standard InChI is InChI=1S/C8H11NO2S/c1-6-3-4-12-8(6)9-5-7(10)11-2/h3-4,9H,5H2,1-2H3. The van der Waals surface area contributed by atoms with Crippen molar-refractivity contribution in [3.8, 4) is 0 Å². The number of methoxy groups -OCH3 is 1. The number of carbonyl (C=O) groups is 1. The molecular weight excluding hydrogens is 174 g/mol. The van der Waals surface area contributed by atoms with Crippen LogP contribution in [0.1, 0.15) is 5.56 Å². The van der Waals surface area contributed by atoms with Crippen molar-refractivity contribution in [1.82, 2.24) is 0 Å². The molecular formula is C8H11NO2S. The molecule has 66 valence electrons. The van der Waals surface area contributed by atoms with Crippen LogP contribution in [0.3, 0.4) is 0 Å². The lowest BCUT2D eigenvalue weighted by Crippen LogP contribution is -2.14. The zero-order valence-electron chi connectivity index (χ0n) is 7.09. The Labute approximate surface area is 75.4 Å². The summed E-state index contributed by atoms with van der Waals surface area (Å²) < 4.78 is 4.49. The van der Waals surface area contributed by atoms with Crippen LogP contribution in [0.15, 0.2) is 11.4 Å². The maximum atomic E-state index is 10.7. The Balaban J connectivity index is 2.43. The van der Waals surface area contributed by atoms with Crippen molar-refractivity contribution in [3.05, 3.63) is 17.0 Å². The van der Waals surface area contributed by atoms with Crippen LogP contribution in [0.25, 0.3) is 0 Å². The molecule has 1 aromatic rings. The summed E-state index contributed by atoms with van der Waals surface area (Å²) >= 11 is 1.58. The van der Waals surface area contributed by atoms with Crippen LogP contribution in [0.4, 0.5) is 5.00 Å². The summed E-state index contributed by atoms with van der Waals surface area (Å²) in [4.78, 5) is 10.7. The fraction of sp³-hybridized carbons (Fsp3) is 0.375. The summed E-state index contributed by atoms with van der Waals surface area (Å²) in [6, 6.07) is 2.00. The molecule has 0 amide bonds. The van der Waals surface area contributed by atoms with Gasteiger partial charge in [0.15, 0.2) is 0 Å². The predicted octanol–water partition coefficient (Wildman–Crippen LogP) is 1.64.